The Balaban J connectivity index is 1.60. The molecule has 0 spiro atoms. The Kier molecular flexibility index (Phi) is 14.3. The van der Waals surface area contributed by atoms with Crippen LogP contribution >= 0.6 is 0 Å². The molecule has 0 unspecified atom stereocenters. The molecule has 1 heterocycles. The second kappa shape index (κ2) is 17.3. The van der Waals surface area contributed by atoms with Crippen molar-refractivity contribution in [2.24, 2.45) is 0 Å². The Hall–Kier alpha value is -2.18. The molecule has 6 nitrogen and oxygen atoms in total. The van der Waals surface area contributed by atoms with Gasteiger partial charge in [-0.05, 0) is 45.1 Å². The number of benzene rings is 1. The number of ether oxygens (including phenoxy) is 3. The summed E-state index contributed by atoms with van der Waals surface area (Å²) in [5.74, 6) is -0.668. The van der Waals surface area contributed by atoms with Crippen molar-refractivity contribution in [1.29, 1.82) is 0 Å². The van der Waals surface area contributed by atoms with Crippen molar-refractivity contribution in [3.8, 4) is 0 Å². The molecule has 1 fully saturated rings. The van der Waals surface area contributed by atoms with Crippen LogP contribution in [0.2, 0.25) is 0 Å². The summed E-state index contributed by atoms with van der Waals surface area (Å²) in [7, 11) is 0. The quantitative estimate of drug-likeness (QED) is 0.147. The standard InChI is InChI=1S/C29H45NO5/c1-29(2)34-24-26(30-28(32)33-23-25-19-15-14-16-20-25)27(35-29)21-17-12-10-8-6-4-3-5-7-9-11-13-18-22-31/h12,14-17,19-20,22,26-27H,3-11,13,18,21,23-24H2,1-2H3,(H,30,32)/b17-12+/t26-,27-/m1/s1. The molecule has 1 N–H and O–H groups in total. The minimum Gasteiger partial charge on any atom is -0.445 e. The van der Waals surface area contributed by atoms with Crippen LogP contribution in [-0.2, 0) is 25.6 Å². The molecule has 0 aliphatic carbocycles. The van der Waals surface area contributed by atoms with Gasteiger partial charge in [0.2, 0.25) is 0 Å². The minimum absolute atomic E-state index is 0.161. The number of hydrogen-bond acceptors (Lipinski definition) is 5. The van der Waals surface area contributed by atoms with Gasteiger partial charge in [-0.15, -0.1) is 0 Å². The molecule has 2 atom stereocenters. The fourth-order valence-corrected chi connectivity index (χ4v) is 4.22. The van der Waals surface area contributed by atoms with E-state index in [2.05, 4.69) is 17.5 Å². The highest BCUT2D eigenvalue weighted by atomic mass is 16.7. The first-order valence-electron chi connectivity index (χ1n) is 13.4. The summed E-state index contributed by atoms with van der Waals surface area (Å²) in [6, 6.07) is 9.38. The first-order chi connectivity index (χ1) is 17.0. The van der Waals surface area contributed by atoms with Crippen LogP contribution < -0.4 is 5.32 Å². The summed E-state index contributed by atoms with van der Waals surface area (Å²) in [4.78, 5) is 22.6. The second-order valence-corrected chi connectivity index (χ2v) is 9.81. The summed E-state index contributed by atoms with van der Waals surface area (Å²) < 4.78 is 17.2. The molecule has 1 aliphatic heterocycles. The maximum Gasteiger partial charge on any atom is 0.407 e. The molecule has 1 amide bonds. The topological polar surface area (TPSA) is 73.9 Å². The molecule has 0 aromatic heterocycles. The van der Waals surface area contributed by atoms with Gasteiger partial charge in [0.05, 0.1) is 18.8 Å². The zero-order valence-corrected chi connectivity index (χ0v) is 21.7. The van der Waals surface area contributed by atoms with Crippen molar-refractivity contribution in [1.82, 2.24) is 5.32 Å². The summed E-state index contributed by atoms with van der Waals surface area (Å²) in [6.45, 7) is 4.43. The fourth-order valence-electron chi connectivity index (χ4n) is 4.22. The van der Waals surface area contributed by atoms with Gasteiger partial charge in [0.1, 0.15) is 12.9 Å². The maximum absolute atomic E-state index is 12.3. The van der Waals surface area contributed by atoms with Crippen LogP contribution in [0.5, 0.6) is 0 Å². The first kappa shape index (κ1) is 29.1. The van der Waals surface area contributed by atoms with Crippen LogP contribution in [0.15, 0.2) is 42.5 Å². The smallest absolute Gasteiger partial charge is 0.407 e. The van der Waals surface area contributed by atoms with Gasteiger partial charge in [-0.3, -0.25) is 0 Å². The van der Waals surface area contributed by atoms with Gasteiger partial charge in [0.15, 0.2) is 5.79 Å². The van der Waals surface area contributed by atoms with E-state index in [4.69, 9.17) is 14.2 Å². The number of amides is 1. The molecule has 1 aromatic carbocycles. The number of rotatable bonds is 17. The Morgan fingerprint density at radius 2 is 1.60 bits per heavy atom. The van der Waals surface area contributed by atoms with Gasteiger partial charge >= 0.3 is 6.09 Å². The van der Waals surface area contributed by atoms with Crippen molar-refractivity contribution in [3.05, 3.63) is 48.0 Å². The van der Waals surface area contributed by atoms with Gasteiger partial charge in [-0.25, -0.2) is 4.79 Å². The Bertz CT molecular complexity index is 734. The van der Waals surface area contributed by atoms with Crippen molar-refractivity contribution < 1.29 is 23.8 Å². The van der Waals surface area contributed by atoms with E-state index in [1.807, 2.05) is 44.2 Å². The van der Waals surface area contributed by atoms with Gasteiger partial charge in [-0.2, -0.15) is 0 Å². The predicted octanol–water partition coefficient (Wildman–Crippen LogP) is 6.87. The van der Waals surface area contributed by atoms with E-state index >= 15 is 0 Å². The van der Waals surface area contributed by atoms with Crippen molar-refractivity contribution >= 4 is 12.4 Å². The molecule has 0 saturated carbocycles. The van der Waals surface area contributed by atoms with Crippen LogP contribution in [-0.4, -0.2) is 36.9 Å². The predicted molar refractivity (Wildman–Crippen MR) is 139 cm³/mol. The Labute approximate surface area is 211 Å². The Morgan fingerprint density at radius 1 is 0.971 bits per heavy atom. The Morgan fingerprint density at radius 3 is 2.26 bits per heavy atom. The fraction of sp³-hybridized carbons (Fsp3) is 0.655. The highest BCUT2D eigenvalue weighted by Crippen LogP contribution is 2.25. The van der Waals surface area contributed by atoms with E-state index in [9.17, 15) is 9.59 Å². The van der Waals surface area contributed by atoms with E-state index < -0.39 is 11.9 Å². The number of carbonyl (C=O) groups excluding carboxylic acids is 2. The van der Waals surface area contributed by atoms with Gasteiger partial charge in [-0.1, -0.05) is 87.4 Å². The SMILES string of the molecule is CC1(C)OC[C@@H](NC(=O)OCc2ccccc2)[C@@H](C/C=C/CCCCCCCCCCCC=O)O1. The van der Waals surface area contributed by atoms with Crippen molar-refractivity contribution in [3.63, 3.8) is 0 Å². The van der Waals surface area contributed by atoms with Crippen LogP contribution in [0.25, 0.3) is 0 Å². The molecular weight excluding hydrogens is 442 g/mol. The average molecular weight is 488 g/mol. The lowest BCUT2D eigenvalue weighted by Crippen LogP contribution is -2.55. The van der Waals surface area contributed by atoms with Gasteiger partial charge in [0.25, 0.3) is 0 Å². The number of allylic oxidation sites excluding steroid dienone is 1. The molecule has 35 heavy (non-hydrogen) atoms. The van der Waals surface area contributed by atoms with Crippen LogP contribution in [0.1, 0.15) is 96.5 Å². The molecule has 0 radical (unpaired) electrons. The largest absolute Gasteiger partial charge is 0.445 e. The monoisotopic (exact) mass is 487 g/mol. The molecule has 6 heteroatoms. The molecule has 1 aliphatic rings. The van der Waals surface area contributed by atoms with E-state index in [0.717, 1.165) is 31.1 Å². The average Bonchev–Trinajstić information content (AvgIpc) is 2.85. The minimum atomic E-state index is -0.668. The second-order valence-electron chi connectivity index (χ2n) is 9.81. The number of alkyl carbamates (subject to hydrolysis) is 1. The van der Waals surface area contributed by atoms with Crippen molar-refractivity contribution in [2.45, 2.75) is 115 Å². The lowest BCUT2D eigenvalue weighted by Gasteiger charge is -2.40. The summed E-state index contributed by atoms with van der Waals surface area (Å²) >= 11 is 0. The van der Waals surface area contributed by atoms with E-state index in [1.165, 1.54) is 51.4 Å². The van der Waals surface area contributed by atoms with Crippen molar-refractivity contribution in [2.75, 3.05) is 6.61 Å². The molecule has 1 aromatic rings. The third-order valence-electron chi connectivity index (χ3n) is 6.24. The highest BCUT2D eigenvalue weighted by Gasteiger charge is 2.36. The molecule has 0 bridgehead atoms. The lowest BCUT2D eigenvalue weighted by molar-refractivity contribution is -0.280. The lowest BCUT2D eigenvalue weighted by atomic mass is 10.0. The zero-order chi connectivity index (χ0) is 25.2. The number of unbranched alkanes of at least 4 members (excludes halogenated alkanes) is 10. The third kappa shape index (κ3) is 13.5. The number of nitrogens with one attached hydrogen (secondary N) is 1. The first-order valence-corrected chi connectivity index (χ1v) is 13.4. The summed E-state index contributed by atoms with van der Waals surface area (Å²) in [6.07, 6.45) is 18.4. The van der Waals surface area contributed by atoms with Gasteiger partial charge < -0.3 is 24.3 Å². The summed E-state index contributed by atoms with van der Waals surface area (Å²) in [5, 5.41) is 2.92. The third-order valence-corrected chi connectivity index (χ3v) is 6.24. The molecule has 196 valence electrons. The molecule has 2 rings (SSSR count). The maximum atomic E-state index is 12.3. The van der Waals surface area contributed by atoms with Crippen LogP contribution in [0, 0.1) is 0 Å². The number of hydrogen-bond donors (Lipinski definition) is 1. The number of aldehydes is 1. The van der Waals surface area contributed by atoms with Gasteiger partial charge in [0, 0.05) is 6.42 Å². The normalized spacial score (nSPS) is 19.5. The molecular formula is C29H45NO5. The highest BCUT2D eigenvalue weighted by molar-refractivity contribution is 5.67. The van der Waals surface area contributed by atoms with E-state index in [0.29, 0.717) is 13.0 Å². The van der Waals surface area contributed by atoms with E-state index in [1.54, 1.807) is 0 Å². The van der Waals surface area contributed by atoms with Crippen LogP contribution in [0.3, 0.4) is 0 Å². The number of carbonyl (C=O) groups is 2. The van der Waals surface area contributed by atoms with Crippen LogP contribution in [0.4, 0.5) is 4.79 Å². The molecule has 1 saturated heterocycles. The summed E-state index contributed by atoms with van der Waals surface area (Å²) in [5.41, 5.74) is 0.950. The zero-order valence-electron chi connectivity index (χ0n) is 21.7. The van der Waals surface area contributed by atoms with E-state index in [-0.39, 0.29) is 18.8 Å².